The van der Waals surface area contributed by atoms with E-state index in [1.165, 1.54) is 4.90 Å². The van der Waals surface area contributed by atoms with Crippen molar-refractivity contribution in [2.24, 2.45) is 0 Å². The molecule has 7 heteroatoms. The van der Waals surface area contributed by atoms with Crippen LogP contribution in [0.3, 0.4) is 0 Å². The Morgan fingerprint density at radius 3 is 2.50 bits per heavy atom. The molecule has 2 saturated heterocycles. The zero-order valence-corrected chi connectivity index (χ0v) is 10.1. The van der Waals surface area contributed by atoms with Crippen molar-refractivity contribution in [2.75, 3.05) is 26.3 Å². The fourth-order valence-corrected chi connectivity index (χ4v) is 2.32. The highest BCUT2D eigenvalue weighted by Gasteiger charge is 2.43. The maximum absolute atomic E-state index is 12.0. The molecular weight excluding hydrogens is 240 g/mol. The third-order valence-corrected chi connectivity index (χ3v) is 3.55. The van der Waals surface area contributed by atoms with Crippen LogP contribution in [0.25, 0.3) is 0 Å². The molecule has 0 bridgehead atoms. The number of carbonyl (C=O) groups excluding carboxylic acids is 1. The smallest absolute Gasteiger partial charge is 0.329 e. The van der Waals surface area contributed by atoms with Gasteiger partial charge in [0, 0.05) is 39.1 Å². The summed E-state index contributed by atoms with van der Waals surface area (Å²) in [4.78, 5) is 24.8. The van der Waals surface area contributed by atoms with Crippen LogP contribution >= 0.6 is 0 Å². The van der Waals surface area contributed by atoms with Gasteiger partial charge >= 0.3 is 12.0 Å². The molecule has 7 nitrogen and oxygen atoms in total. The maximum Gasteiger partial charge on any atom is 0.329 e. The number of carboxylic acid groups (broad SMARTS) is 1. The Bertz CT molecular complexity index is 340. The molecule has 2 aliphatic rings. The number of likely N-dealkylation sites (tertiary alicyclic amines) is 1. The molecule has 18 heavy (non-hydrogen) atoms. The first-order chi connectivity index (χ1) is 8.53. The summed E-state index contributed by atoms with van der Waals surface area (Å²) in [6.07, 6.45) is 0.567. The van der Waals surface area contributed by atoms with Crippen LogP contribution in [0, 0.1) is 0 Å². The van der Waals surface area contributed by atoms with Crippen molar-refractivity contribution < 1.29 is 24.5 Å². The lowest BCUT2D eigenvalue weighted by molar-refractivity contribution is -0.148. The number of hydrogen-bond donors (Lipinski definition) is 3. The molecule has 2 aliphatic heterocycles. The molecule has 0 aromatic rings. The number of amides is 2. The number of aliphatic hydroxyl groups is 1. The average Bonchev–Trinajstić information content (AvgIpc) is 2.77. The van der Waals surface area contributed by atoms with Gasteiger partial charge in [0.05, 0.1) is 6.10 Å². The summed E-state index contributed by atoms with van der Waals surface area (Å²) in [5, 5.41) is 21.3. The number of aliphatic hydroxyl groups excluding tert-OH is 1. The van der Waals surface area contributed by atoms with Gasteiger partial charge in [0.1, 0.15) is 5.54 Å². The number of nitrogens with one attached hydrogen (secondary N) is 1. The van der Waals surface area contributed by atoms with Gasteiger partial charge < -0.3 is 25.2 Å². The molecule has 1 atom stereocenters. The molecule has 0 aromatic heterocycles. The topological polar surface area (TPSA) is 99.1 Å². The lowest BCUT2D eigenvalue weighted by Gasteiger charge is -2.35. The van der Waals surface area contributed by atoms with E-state index < -0.39 is 23.6 Å². The number of carboxylic acids is 1. The second-order valence-corrected chi connectivity index (χ2v) is 4.82. The molecule has 0 aliphatic carbocycles. The molecule has 0 unspecified atom stereocenters. The minimum Gasteiger partial charge on any atom is -0.480 e. The normalized spacial score (nSPS) is 26.9. The first kappa shape index (κ1) is 13.1. The molecule has 102 valence electrons. The summed E-state index contributed by atoms with van der Waals surface area (Å²) in [6, 6.07) is -0.421. The largest absolute Gasteiger partial charge is 0.480 e. The van der Waals surface area contributed by atoms with Gasteiger partial charge in [0.15, 0.2) is 0 Å². The summed E-state index contributed by atoms with van der Waals surface area (Å²) in [5.74, 6) is -1.03. The van der Waals surface area contributed by atoms with Crippen molar-refractivity contribution in [3.63, 3.8) is 0 Å². The minimum absolute atomic E-state index is 0.262. The lowest BCUT2D eigenvalue weighted by atomic mass is 9.90. The number of ether oxygens (including phenoxy) is 1. The van der Waals surface area contributed by atoms with Crippen LogP contribution in [0.15, 0.2) is 0 Å². The maximum atomic E-state index is 12.0. The molecule has 0 aromatic carbocycles. The Labute approximate surface area is 105 Å². The third kappa shape index (κ3) is 2.56. The number of urea groups is 1. The van der Waals surface area contributed by atoms with E-state index in [0.29, 0.717) is 26.2 Å². The quantitative estimate of drug-likeness (QED) is 0.614. The summed E-state index contributed by atoms with van der Waals surface area (Å²) in [6.45, 7) is 1.38. The number of carbonyl (C=O) groups is 2. The van der Waals surface area contributed by atoms with Crippen LogP contribution in [0.5, 0.6) is 0 Å². The van der Waals surface area contributed by atoms with Crippen LogP contribution in [0.4, 0.5) is 4.79 Å². The Balaban J connectivity index is 2.00. The fraction of sp³-hybridized carbons (Fsp3) is 0.818. The van der Waals surface area contributed by atoms with Crippen molar-refractivity contribution in [2.45, 2.75) is 30.9 Å². The average molecular weight is 258 g/mol. The van der Waals surface area contributed by atoms with Crippen molar-refractivity contribution in [1.82, 2.24) is 10.2 Å². The number of aliphatic carboxylic acids is 1. The zero-order chi connectivity index (χ0) is 13.2. The number of rotatable bonds is 2. The first-order valence-electron chi connectivity index (χ1n) is 6.10. The predicted octanol–water partition coefficient (Wildman–Crippen LogP) is -0.604. The number of β-amino-alcohol motifs (C(OH)–C–C–N with tert-alkyl or cyclic N) is 1. The standard InChI is InChI=1S/C11H18N2O5/c14-8-1-4-13(7-8)10(17)12-11(9(15)16)2-5-18-6-3-11/h8,14H,1-7H2,(H,12,17)(H,15,16)/t8-/m1/s1. The Hall–Kier alpha value is -1.34. The Morgan fingerprint density at radius 1 is 1.33 bits per heavy atom. The van der Waals surface area contributed by atoms with E-state index in [9.17, 15) is 19.8 Å². The van der Waals surface area contributed by atoms with Crippen LogP contribution < -0.4 is 5.32 Å². The molecule has 2 heterocycles. The van der Waals surface area contributed by atoms with E-state index in [1.54, 1.807) is 0 Å². The second kappa shape index (κ2) is 5.11. The Kier molecular flexibility index (Phi) is 3.72. The van der Waals surface area contributed by atoms with Crippen molar-refractivity contribution >= 4 is 12.0 Å². The summed E-state index contributed by atoms with van der Waals surface area (Å²) in [7, 11) is 0. The summed E-state index contributed by atoms with van der Waals surface area (Å²) >= 11 is 0. The van der Waals surface area contributed by atoms with Crippen LogP contribution in [-0.4, -0.2) is 65.1 Å². The summed E-state index contributed by atoms with van der Waals surface area (Å²) < 4.78 is 5.13. The summed E-state index contributed by atoms with van der Waals surface area (Å²) in [5.41, 5.74) is -1.23. The lowest BCUT2D eigenvalue weighted by Crippen LogP contribution is -2.60. The van der Waals surface area contributed by atoms with Crippen LogP contribution in [0.1, 0.15) is 19.3 Å². The Morgan fingerprint density at radius 2 is 2.00 bits per heavy atom. The molecule has 2 amide bonds. The SMILES string of the molecule is O=C(NC1(C(=O)O)CCOCC1)N1CC[C@@H](O)C1. The molecule has 0 radical (unpaired) electrons. The molecule has 3 N–H and O–H groups in total. The van der Waals surface area contributed by atoms with Crippen molar-refractivity contribution in [1.29, 1.82) is 0 Å². The second-order valence-electron chi connectivity index (χ2n) is 4.82. The van der Waals surface area contributed by atoms with Gasteiger partial charge in [0.2, 0.25) is 0 Å². The van der Waals surface area contributed by atoms with E-state index in [0.717, 1.165) is 0 Å². The predicted molar refractivity (Wildman–Crippen MR) is 61.1 cm³/mol. The third-order valence-electron chi connectivity index (χ3n) is 3.55. The van der Waals surface area contributed by atoms with Crippen molar-refractivity contribution in [3.8, 4) is 0 Å². The van der Waals surface area contributed by atoms with E-state index in [2.05, 4.69) is 5.32 Å². The van der Waals surface area contributed by atoms with Crippen LogP contribution in [-0.2, 0) is 9.53 Å². The molecule has 2 fully saturated rings. The van der Waals surface area contributed by atoms with Gasteiger partial charge in [-0.3, -0.25) is 0 Å². The van der Waals surface area contributed by atoms with Gasteiger partial charge in [-0.05, 0) is 6.42 Å². The zero-order valence-electron chi connectivity index (χ0n) is 10.1. The minimum atomic E-state index is -1.23. The van der Waals surface area contributed by atoms with E-state index >= 15 is 0 Å². The van der Waals surface area contributed by atoms with Gasteiger partial charge in [-0.15, -0.1) is 0 Å². The van der Waals surface area contributed by atoms with E-state index in [4.69, 9.17) is 4.74 Å². The first-order valence-corrected chi connectivity index (χ1v) is 6.10. The van der Waals surface area contributed by atoms with E-state index in [1.807, 2.05) is 0 Å². The van der Waals surface area contributed by atoms with Gasteiger partial charge in [-0.2, -0.15) is 0 Å². The monoisotopic (exact) mass is 258 g/mol. The highest BCUT2D eigenvalue weighted by atomic mass is 16.5. The van der Waals surface area contributed by atoms with Gasteiger partial charge in [-0.1, -0.05) is 0 Å². The van der Waals surface area contributed by atoms with Crippen LogP contribution in [0.2, 0.25) is 0 Å². The van der Waals surface area contributed by atoms with Gasteiger partial charge in [-0.25, -0.2) is 9.59 Å². The molecule has 0 spiro atoms. The highest BCUT2D eigenvalue weighted by molar-refractivity contribution is 5.86. The number of hydrogen-bond acceptors (Lipinski definition) is 4. The highest BCUT2D eigenvalue weighted by Crippen LogP contribution is 2.22. The molecule has 0 saturated carbocycles. The van der Waals surface area contributed by atoms with E-state index in [-0.39, 0.29) is 19.4 Å². The fourth-order valence-electron chi connectivity index (χ4n) is 2.32. The van der Waals surface area contributed by atoms with Gasteiger partial charge in [0.25, 0.3) is 0 Å². The molecular formula is C11H18N2O5. The number of nitrogens with zero attached hydrogens (tertiary/aromatic N) is 1. The van der Waals surface area contributed by atoms with Crippen molar-refractivity contribution in [3.05, 3.63) is 0 Å². The molecule has 2 rings (SSSR count).